The Morgan fingerprint density at radius 1 is 1.14 bits per heavy atom. The highest BCUT2D eigenvalue weighted by Gasteiger charge is 2.36. The molecule has 21 heavy (non-hydrogen) atoms. The van der Waals surface area contributed by atoms with E-state index in [1.54, 1.807) is 7.11 Å². The van der Waals surface area contributed by atoms with Crippen molar-refractivity contribution < 1.29 is 18.7 Å². The van der Waals surface area contributed by atoms with Crippen LogP contribution < -0.4 is 9.16 Å². The van der Waals surface area contributed by atoms with Crippen molar-refractivity contribution in [3.8, 4) is 11.5 Å². The highest BCUT2D eigenvalue weighted by atomic mass is 28.4. The van der Waals surface area contributed by atoms with Crippen LogP contribution in [-0.2, 0) is 14.9 Å². The van der Waals surface area contributed by atoms with Crippen molar-refractivity contribution in [1.29, 1.82) is 0 Å². The number of ether oxygens (including phenoxy) is 2. The highest BCUT2D eigenvalue weighted by molar-refractivity contribution is 6.70. The summed E-state index contributed by atoms with van der Waals surface area (Å²) in [6.45, 7) is 12.0. The molecule has 0 aromatic heterocycles. The molecule has 1 aromatic rings. The van der Waals surface area contributed by atoms with Gasteiger partial charge < -0.3 is 13.9 Å². The molecule has 0 radical (unpaired) electrons. The Morgan fingerprint density at radius 2 is 1.71 bits per heavy atom. The fourth-order valence-corrected chi connectivity index (χ4v) is 3.01. The molecule has 0 bridgehead atoms. The van der Waals surface area contributed by atoms with Crippen molar-refractivity contribution in [3.05, 3.63) is 23.3 Å². The van der Waals surface area contributed by atoms with Crippen molar-refractivity contribution in [2.45, 2.75) is 45.8 Å². The normalized spacial score (nSPS) is 12.0. The van der Waals surface area contributed by atoms with Gasteiger partial charge in [-0.05, 0) is 58.1 Å². The lowest BCUT2D eigenvalue weighted by Gasteiger charge is -2.30. The van der Waals surface area contributed by atoms with Gasteiger partial charge in [0.1, 0.15) is 11.5 Å². The van der Waals surface area contributed by atoms with Gasteiger partial charge in [0.2, 0.25) is 8.32 Å². The van der Waals surface area contributed by atoms with Crippen LogP contribution in [0.5, 0.6) is 11.5 Å². The first-order valence-electron chi connectivity index (χ1n) is 6.99. The summed E-state index contributed by atoms with van der Waals surface area (Å²) in [6, 6.07) is 3.78. The summed E-state index contributed by atoms with van der Waals surface area (Å²) in [7, 11) is 1.21. The standard InChI is InChI=1S/C16H26O4Si/c1-11-9-12(18-4)10-13(14(11)20-21(6,7)8)16(2,3)15(17)19-5/h9-10H,1-8H3. The van der Waals surface area contributed by atoms with Crippen molar-refractivity contribution in [1.82, 2.24) is 0 Å². The van der Waals surface area contributed by atoms with Crippen LogP contribution >= 0.6 is 0 Å². The van der Waals surface area contributed by atoms with Gasteiger partial charge in [0.15, 0.2) is 0 Å². The number of carbonyl (C=O) groups excluding carboxylic acids is 1. The van der Waals surface area contributed by atoms with Crippen LogP contribution in [0.2, 0.25) is 19.6 Å². The minimum atomic E-state index is -1.81. The van der Waals surface area contributed by atoms with E-state index in [0.717, 1.165) is 16.9 Å². The van der Waals surface area contributed by atoms with Gasteiger partial charge in [0.05, 0.1) is 19.6 Å². The van der Waals surface area contributed by atoms with Gasteiger partial charge in [-0.25, -0.2) is 0 Å². The van der Waals surface area contributed by atoms with Gasteiger partial charge in [0.25, 0.3) is 0 Å². The number of methoxy groups -OCH3 is 2. The first kappa shape index (κ1) is 17.6. The van der Waals surface area contributed by atoms with Crippen molar-refractivity contribution in [3.63, 3.8) is 0 Å². The molecule has 0 spiro atoms. The lowest BCUT2D eigenvalue weighted by atomic mass is 9.83. The zero-order valence-electron chi connectivity index (χ0n) is 14.3. The summed E-state index contributed by atoms with van der Waals surface area (Å²) < 4.78 is 16.5. The minimum Gasteiger partial charge on any atom is -0.544 e. The SMILES string of the molecule is COC(=O)C(C)(C)c1cc(OC)cc(C)c1O[Si](C)(C)C. The predicted molar refractivity (Wildman–Crippen MR) is 86.7 cm³/mol. The molecule has 0 aliphatic heterocycles. The third-order valence-corrected chi connectivity index (χ3v) is 4.08. The Bertz CT molecular complexity index is 530. The summed E-state index contributed by atoms with van der Waals surface area (Å²) in [5.41, 5.74) is 0.959. The Hall–Kier alpha value is -1.49. The molecule has 118 valence electrons. The molecule has 0 amide bonds. The minimum absolute atomic E-state index is 0.296. The number of hydrogen-bond acceptors (Lipinski definition) is 4. The van der Waals surface area contributed by atoms with Crippen LogP contribution in [0.1, 0.15) is 25.0 Å². The van der Waals surface area contributed by atoms with Crippen LogP contribution in [0.4, 0.5) is 0 Å². The summed E-state index contributed by atoms with van der Waals surface area (Å²) in [6.07, 6.45) is 0. The van der Waals surface area contributed by atoms with Gasteiger partial charge in [0, 0.05) is 5.56 Å². The topological polar surface area (TPSA) is 44.8 Å². The van der Waals surface area contributed by atoms with Gasteiger partial charge in [-0.15, -0.1) is 0 Å². The lowest BCUT2D eigenvalue weighted by Crippen LogP contribution is -2.35. The molecule has 0 unspecified atom stereocenters. The Kier molecular flexibility index (Phi) is 5.10. The van der Waals surface area contributed by atoms with E-state index in [1.807, 2.05) is 32.9 Å². The van der Waals surface area contributed by atoms with E-state index in [1.165, 1.54) is 7.11 Å². The van der Waals surface area contributed by atoms with Crippen molar-refractivity contribution >= 4 is 14.3 Å². The van der Waals surface area contributed by atoms with E-state index in [2.05, 4.69) is 19.6 Å². The molecular formula is C16H26O4Si. The molecule has 0 fully saturated rings. The molecule has 0 saturated carbocycles. The molecule has 0 heterocycles. The number of aryl methyl sites for hydroxylation is 1. The van der Waals surface area contributed by atoms with E-state index in [9.17, 15) is 4.79 Å². The molecule has 0 aliphatic carbocycles. The molecule has 0 aliphatic rings. The Labute approximate surface area is 128 Å². The maximum absolute atomic E-state index is 12.2. The van der Waals surface area contributed by atoms with Crippen LogP contribution in [0.25, 0.3) is 0 Å². The van der Waals surface area contributed by atoms with Gasteiger partial charge in [-0.3, -0.25) is 4.79 Å². The summed E-state index contributed by atoms with van der Waals surface area (Å²) in [5.74, 6) is 1.18. The van der Waals surface area contributed by atoms with Crippen LogP contribution in [0.3, 0.4) is 0 Å². The third kappa shape index (κ3) is 4.00. The smallest absolute Gasteiger partial charge is 0.315 e. The maximum atomic E-state index is 12.2. The zero-order chi connectivity index (χ0) is 16.4. The largest absolute Gasteiger partial charge is 0.544 e. The molecule has 1 aromatic carbocycles. The van der Waals surface area contributed by atoms with Crippen molar-refractivity contribution in [2.75, 3.05) is 14.2 Å². The second kappa shape index (κ2) is 6.09. The van der Waals surface area contributed by atoms with Crippen LogP contribution in [0.15, 0.2) is 12.1 Å². The van der Waals surface area contributed by atoms with E-state index in [4.69, 9.17) is 13.9 Å². The quantitative estimate of drug-likeness (QED) is 0.615. The molecular weight excluding hydrogens is 284 g/mol. The number of benzene rings is 1. The second-order valence-electron chi connectivity index (χ2n) is 6.65. The molecule has 5 heteroatoms. The van der Waals surface area contributed by atoms with Crippen LogP contribution in [0, 0.1) is 6.92 Å². The van der Waals surface area contributed by atoms with Gasteiger partial charge >= 0.3 is 5.97 Å². The number of hydrogen-bond donors (Lipinski definition) is 0. The molecule has 0 saturated heterocycles. The number of esters is 1. The predicted octanol–water partition coefficient (Wildman–Crippen LogP) is 3.67. The van der Waals surface area contributed by atoms with Crippen molar-refractivity contribution in [2.24, 2.45) is 0 Å². The molecule has 4 nitrogen and oxygen atoms in total. The summed E-state index contributed by atoms with van der Waals surface area (Å²) in [5, 5.41) is 0. The first-order valence-corrected chi connectivity index (χ1v) is 10.4. The monoisotopic (exact) mass is 310 g/mol. The Morgan fingerprint density at radius 3 is 2.14 bits per heavy atom. The number of carbonyl (C=O) groups is 1. The average molecular weight is 310 g/mol. The fraction of sp³-hybridized carbons (Fsp3) is 0.562. The van der Waals surface area contributed by atoms with E-state index < -0.39 is 13.7 Å². The molecule has 0 N–H and O–H groups in total. The first-order chi connectivity index (χ1) is 9.52. The molecule has 1 rings (SSSR count). The maximum Gasteiger partial charge on any atom is 0.315 e. The van der Waals surface area contributed by atoms with Gasteiger partial charge in [-0.2, -0.15) is 0 Å². The Balaban J connectivity index is 3.52. The second-order valence-corrected chi connectivity index (χ2v) is 11.1. The van der Waals surface area contributed by atoms with E-state index >= 15 is 0 Å². The van der Waals surface area contributed by atoms with E-state index in [0.29, 0.717) is 5.75 Å². The highest BCUT2D eigenvalue weighted by Crippen LogP contribution is 2.39. The van der Waals surface area contributed by atoms with E-state index in [-0.39, 0.29) is 5.97 Å². The average Bonchev–Trinajstić information content (AvgIpc) is 2.37. The number of rotatable bonds is 5. The summed E-state index contributed by atoms with van der Waals surface area (Å²) >= 11 is 0. The zero-order valence-corrected chi connectivity index (χ0v) is 15.3. The molecule has 0 atom stereocenters. The van der Waals surface area contributed by atoms with Gasteiger partial charge in [-0.1, -0.05) is 0 Å². The summed E-state index contributed by atoms with van der Waals surface area (Å²) in [4.78, 5) is 12.2. The lowest BCUT2D eigenvalue weighted by molar-refractivity contribution is -0.146. The fourth-order valence-electron chi connectivity index (χ4n) is 2.13. The van der Waals surface area contributed by atoms with Crippen LogP contribution in [-0.4, -0.2) is 28.5 Å². The third-order valence-electron chi connectivity index (χ3n) is 3.26.